The topological polar surface area (TPSA) is 69.3 Å². The summed E-state index contributed by atoms with van der Waals surface area (Å²) in [6, 6.07) is 18.5. The molecule has 4 rings (SSSR count). The summed E-state index contributed by atoms with van der Waals surface area (Å²) in [5.41, 5.74) is 1.69. The number of aromatic nitrogens is 2. The van der Waals surface area contributed by atoms with Crippen molar-refractivity contribution in [3.8, 4) is 5.75 Å². The highest BCUT2D eigenvalue weighted by Crippen LogP contribution is 2.24. The molecule has 2 aromatic heterocycles. The number of carbonyl (C=O) groups is 1. The molecule has 2 aromatic carbocycles. The molecule has 0 unspecified atom stereocenters. The Morgan fingerprint density at radius 1 is 1.13 bits per heavy atom. The molecule has 8 heteroatoms. The number of halogens is 2. The maximum absolute atomic E-state index is 12.5. The van der Waals surface area contributed by atoms with Gasteiger partial charge in [0.1, 0.15) is 18.1 Å². The quantitative estimate of drug-likeness (QED) is 0.360. The fraction of sp³-hybridized carbons (Fsp3) is 0.0909. The Labute approximate surface area is 186 Å². The zero-order valence-corrected chi connectivity index (χ0v) is 18.1. The van der Waals surface area contributed by atoms with Crippen LogP contribution in [0.5, 0.6) is 5.75 Å². The number of nitrogens with one attached hydrogen (secondary N) is 1. The Hall–Kier alpha value is -3.03. The molecule has 30 heavy (non-hydrogen) atoms. The van der Waals surface area contributed by atoms with Crippen molar-refractivity contribution in [1.82, 2.24) is 9.78 Å². The Kier molecular flexibility index (Phi) is 6.21. The van der Waals surface area contributed by atoms with E-state index in [0.29, 0.717) is 28.8 Å². The van der Waals surface area contributed by atoms with E-state index >= 15 is 0 Å². The number of carbonyl (C=O) groups excluding carboxylic acids is 1. The molecule has 6 nitrogen and oxygen atoms in total. The highest BCUT2D eigenvalue weighted by molar-refractivity contribution is 9.10. The van der Waals surface area contributed by atoms with E-state index in [1.54, 1.807) is 41.3 Å². The first-order valence-electron chi connectivity index (χ1n) is 9.11. The van der Waals surface area contributed by atoms with Gasteiger partial charge in [0.2, 0.25) is 0 Å². The molecule has 0 spiro atoms. The number of furan rings is 1. The second-order valence-electron chi connectivity index (χ2n) is 6.49. The predicted molar refractivity (Wildman–Crippen MR) is 118 cm³/mol. The van der Waals surface area contributed by atoms with Crippen molar-refractivity contribution in [3.05, 3.63) is 99.6 Å². The van der Waals surface area contributed by atoms with E-state index in [-0.39, 0.29) is 18.3 Å². The van der Waals surface area contributed by atoms with Crippen molar-refractivity contribution < 1.29 is 13.9 Å². The molecule has 1 amide bonds. The molecule has 1 N–H and O–H groups in total. The maximum Gasteiger partial charge on any atom is 0.291 e. The summed E-state index contributed by atoms with van der Waals surface area (Å²) in [7, 11) is 0. The Morgan fingerprint density at radius 2 is 1.93 bits per heavy atom. The Bertz CT molecular complexity index is 1150. The summed E-state index contributed by atoms with van der Waals surface area (Å²) in [4.78, 5) is 12.5. The lowest BCUT2D eigenvalue weighted by atomic mass is 10.2. The molecule has 0 bridgehead atoms. The van der Waals surface area contributed by atoms with Crippen molar-refractivity contribution in [3.63, 3.8) is 0 Å². The van der Waals surface area contributed by atoms with Gasteiger partial charge in [-0.2, -0.15) is 5.10 Å². The van der Waals surface area contributed by atoms with Gasteiger partial charge in [0.15, 0.2) is 5.76 Å². The molecule has 0 saturated carbocycles. The number of benzene rings is 2. The summed E-state index contributed by atoms with van der Waals surface area (Å²) in [5, 5.41) is 7.58. The van der Waals surface area contributed by atoms with E-state index in [4.69, 9.17) is 20.8 Å². The first-order valence-corrected chi connectivity index (χ1v) is 10.3. The van der Waals surface area contributed by atoms with E-state index < -0.39 is 0 Å². The number of para-hydroxylation sites is 1. The van der Waals surface area contributed by atoms with Crippen LogP contribution >= 0.6 is 27.5 Å². The summed E-state index contributed by atoms with van der Waals surface area (Å²) >= 11 is 9.48. The van der Waals surface area contributed by atoms with Gasteiger partial charge in [-0.25, -0.2) is 0 Å². The molecule has 0 radical (unpaired) electrons. The fourth-order valence-electron chi connectivity index (χ4n) is 2.77. The molecular weight excluding hydrogens is 470 g/mol. The molecule has 0 aliphatic heterocycles. The monoisotopic (exact) mass is 485 g/mol. The molecule has 0 atom stereocenters. The normalized spacial score (nSPS) is 10.7. The first kappa shape index (κ1) is 20.3. The third kappa shape index (κ3) is 5.11. The van der Waals surface area contributed by atoms with Crippen LogP contribution in [0.2, 0.25) is 5.02 Å². The summed E-state index contributed by atoms with van der Waals surface area (Å²) in [5.74, 6) is 0.904. The summed E-state index contributed by atoms with van der Waals surface area (Å²) in [6.07, 6.45) is 3.37. The van der Waals surface area contributed by atoms with Crippen molar-refractivity contribution in [2.75, 3.05) is 5.32 Å². The third-order valence-corrected chi connectivity index (χ3v) is 5.08. The van der Waals surface area contributed by atoms with Crippen LogP contribution in [0.15, 0.2) is 81.9 Å². The van der Waals surface area contributed by atoms with Gasteiger partial charge >= 0.3 is 0 Å². The standard InChI is InChI=1S/C22H17BrClN3O3/c23-16-7-5-15(6-8-16)12-27-13-17(11-25-27)26-22(28)21-10-9-18(30-21)14-29-20-4-2-1-3-19(20)24/h1-11,13H,12,14H2,(H,26,28). The van der Waals surface area contributed by atoms with Crippen molar-refractivity contribution in [2.45, 2.75) is 13.2 Å². The average Bonchev–Trinajstić information content (AvgIpc) is 3.39. The minimum atomic E-state index is -0.359. The van der Waals surface area contributed by atoms with E-state index in [1.807, 2.05) is 36.4 Å². The van der Waals surface area contributed by atoms with Gasteiger partial charge in [0.05, 0.1) is 23.5 Å². The van der Waals surface area contributed by atoms with E-state index in [2.05, 4.69) is 26.3 Å². The maximum atomic E-state index is 12.5. The Morgan fingerprint density at radius 3 is 2.73 bits per heavy atom. The zero-order valence-electron chi connectivity index (χ0n) is 15.7. The van der Waals surface area contributed by atoms with Crippen molar-refractivity contribution in [1.29, 1.82) is 0 Å². The van der Waals surface area contributed by atoms with Crippen LogP contribution in [0.1, 0.15) is 21.9 Å². The van der Waals surface area contributed by atoms with Crippen LogP contribution in [0.4, 0.5) is 5.69 Å². The molecule has 4 aromatic rings. The lowest BCUT2D eigenvalue weighted by molar-refractivity contribution is 0.0992. The van der Waals surface area contributed by atoms with Crippen LogP contribution in [0.3, 0.4) is 0 Å². The molecule has 0 aliphatic rings. The van der Waals surface area contributed by atoms with Gasteiger partial charge < -0.3 is 14.5 Å². The van der Waals surface area contributed by atoms with Crippen LogP contribution in [-0.2, 0) is 13.2 Å². The zero-order chi connectivity index (χ0) is 20.9. The van der Waals surface area contributed by atoms with Gasteiger partial charge in [0, 0.05) is 10.7 Å². The number of hydrogen-bond acceptors (Lipinski definition) is 4. The van der Waals surface area contributed by atoms with Crippen LogP contribution < -0.4 is 10.1 Å². The smallest absolute Gasteiger partial charge is 0.291 e. The fourth-order valence-corrected chi connectivity index (χ4v) is 3.23. The van der Waals surface area contributed by atoms with Gasteiger partial charge in [0.25, 0.3) is 5.91 Å². The van der Waals surface area contributed by atoms with E-state index in [9.17, 15) is 4.79 Å². The molecule has 152 valence electrons. The second-order valence-corrected chi connectivity index (χ2v) is 7.82. The number of nitrogens with zero attached hydrogens (tertiary/aromatic N) is 2. The number of rotatable bonds is 7. The minimum absolute atomic E-state index is 0.169. The number of amides is 1. The predicted octanol–water partition coefficient (Wildman–Crippen LogP) is 5.77. The van der Waals surface area contributed by atoms with Gasteiger partial charge in [-0.1, -0.05) is 51.8 Å². The molecule has 0 saturated heterocycles. The Balaban J connectivity index is 1.34. The van der Waals surface area contributed by atoms with E-state index in [1.165, 1.54) is 0 Å². The van der Waals surface area contributed by atoms with Crippen LogP contribution in [0, 0.1) is 0 Å². The number of anilines is 1. The van der Waals surface area contributed by atoms with E-state index in [0.717, 1.165) is 10.0 Å². The van der Waals surface area contributed by atoms with Crippen LogP contribution in [0.25, 0.3) is 0 Å². The highest BCUT2D eigenvalue weighted by atomic mass is 79.9. The van der Waals surface area contributed by atoms with Crippen LogP contribution in [-0.4, -0.2) is 15.7 Å². The average molecular weight is 487 g/mol. The van der Waals surface area contributed by atoms with Crippen molar-refractivity contribution in [2.24, 2.45) is 0 Å². The largest absolute Gasteiger partial charge is 0.484 e. The number of ether oxygens (including phenoxy) is 1. The van der Waals surface area contributed by atoms with Gasteiger partial charge in [-0.05, 0) is 42.0 Å². The van der Waals surface area contributed by atoms with Crippen molar-refractivity contribution >= 4 is 39.1 Å². The highest BCUT2D eigenvalue weighted by Gasteiger charge is 2.13. The molecular formula is C22H17BrClN3O3. The summed E-state index contributed by atoms with van der Waals surface area (Å²) < 4.78 is 14.0. The first-order chi connectivity index (χ1) is 14.6. The lowest BCUT2D eigenvalue weighted by Crippen LogP contribution is -2.10. The molecule has 0 aliphatic carbocycles. The summed E-state index contributed by atoms with van der Waals surface area (Å²) in [6.45, 7) is 0.773. The minimum Gasteiger partial charge on any atom is -0.484 e. The third-order valence-electron chi connectivity index (χ3n) is 4.24. The molecule has 0 fully saturated rings. The number of hydrogen-bond donors (Lipinski definition) is 1. The van der Waals surface area contributed by atoms with Gasteiger partial charge in [-0.15, -0.1) is 0 Å². The van der Waals surface area contributed by atoms with Gasteiger partial charge in [-0.3, -0.25) is 9.48 Å². The lowest BCUT2D eigenvalue weighted by Gasteiger charge is -2.05. The SMILES string of the molecule is O=C(Nc1cnn(Cc2ccc(Br)cc2)c1)c1ccc(COc2ccccc2Cl)o1. The second kappa shape index (κ2) is 9.19. The molecule has 2 heterocycles.